The maximum absolute atomic E-state index is 13.5. The lowest BCUT2D eigenvalue weighted by Crippen LogP contribution is -2.32. The van der Waals surface area contributed by atoms with E-state index >= 15 is 0 Å². The molecule has 3 heterocycles. The highest BCUT2D eigenvalue weighted by Gasteiger charge is 2.39. The zero-order chi connectivity index (χ0) is 17.4. The van der Waals surface area contributed by atoms with Gasteiger partial charge in [0.1, 0.15) is 11.6 Å². The molecule has 0 amide bonds. The van der Waals surface area contributed by atoms with Gasteiger partial charge in [-0.15, -0.1) is 10.2 Å². The zero-order valence-electron chi connectivity index (χ0n) is 13.9. The third kappa shape index (κ3) is 2.97. The van der Waals surface area contributed by atoms with Crippen LogP contribution in [-0.2, 0) is 23.0 Å². The first-order valence-electron chi connectivity index (χ1n) is 8.77. The standard InChI is InChI=1S/C17H21FN4O2S/c18-13-6-4-7-14(12-13)25(23,24)22-11-5-8-15(22)17-20-19-16-9-2-1-3-10-21(16)17/h4,6-7,12,15H,1-3,5,8-11H2. The maximum atomic E-state index is 13.5. The highest BCUT2D eigenvalue weighted by Crippen LogP contribution is 2.36. The van der Waals surface area contributed by atoms with E-state index in [1.807, 2.05) is 0 Å². The molecule has 1 saturated heterocycles. The minimum Gasteiger partial charge on any atom is -0.314 e. The number of halogens is 1. The van der Waals surface area contributed by atoms with Crippen molar-refractivity contribution in [2.45, 2.75) is 56.0 Å². The highest BCUT2D eigenvalue weighted by molar-refractivity contribution is 7.89. The van der Waals surface area contributed by atoms with E-state index in [9.17, 15) is 12.8 Å². The smallest absolute Gasteiger partial charge is 0.243 e. The molecule has 0 saturated carbocycles. The number of sulfonamides is 1. The van der Waals surface area contributed by atoms with Gasteiger partial charge in [0.05, 0.1) is 10.9 Å². The SMILES string of the molecule is O=S(=O)(c1cccc(F)c1)N1CCCC1c1nnc2n1CCCCC2. The van der Waals surface area contributed by atoms with Crippen molar-refractivity contribution in [2.24, 2.45) is 0 Å². The van der Waals surface area contributed by atoms with E-state index in [1.165, 1.54) is 22.5 Å². The molecule has 1 unspecified atom stereocenters. The van der Waals surface area contributed by atoms with Crippen LogP contribution in [-0.4, -0.2) is 34.0 Å². The van der Waals surface area contributed by atoms with Gasteiger partial charge in [0.2, 0.25) is 10.0 Å². The Balaban J connectivity index is 1.71. The number of rotatable bonds is 3. The molecule has 1 aromatic heterocycles. The van der Waals surface area contributed by atoms with Gasteiger partial charge < -0.3 is 4.57 Å². The molecule has 1 fully saturated rings. The van der Waals surface area contributed by atoms with Gasteiger partial charge in [-0.1, -0.05) is 12.5 Å². The predicted molar refractivity (Wildman–Crippen MR) is 89.8 cm³/mol. The van der Waals surface area contributed by atoms with E-state index in [0.717, 1.165) is 56.4 Å². The van der Waals surface area contributed by atoms with Gasteiger partial charge in [-0.3, -0.25) is 0 Å². The Labute approximate surface area is 146 Å². The Morgan fingerprint density at radius 2 is 1.96 bits per heavy atom. The lowest BCUT2D eigenvalue weighted by atomic mass is 10.2. The van der Waals surface area contributed by atoms with Crippen LogP contribution in [0.25, 0.3) is 0 Å². The van der Waals surface area contributed by atoms with Crippen molar-refractivity contribution in [3.63, 3.8) is 0 Å². The molecule has 1 atom stereocenters. The summed E-state index contributed by atoms with van der Waals surface area (Å²) in [4.78, 5) is -0.00462. The summed E-state index contributed by atoms with van der Waals surface area (Å²) in [5.41, 5.74) is 0. The average Bonchev–Trinajstić information content (AvgIpc) is 3.16. The summed E-state index contributed by atoms with van der Waals surface area (Å²) >= 11 is 0. The minimum absolute atomic E-state index is 0.00462. The van der Waals surface area contributed by atoms with E-state index < -0.39 is 15.8 Å². The van der Waals surface area contributed by atoms with Crippen LogP contribution < -0.4 is 0 Å². The second-order valence-electron chi connectivity index (χ2n) is 6.67. The summed E-state index contributed by atoms with van der Waals surface area (Å²) in [6.45, 7) is 1.26. The van der Waals surface area contributed by atoms with E-state index in [2.05, 4.69) is 14.8 Å². The van der Waals surface area contributed by atoms with Crippen LogP contribution in [0.15, 0.2) is 29.2 Å². The van der Waals surface area contributed by atoms with Crippen molar-refractivity contribution in [1.29, 1.82) is 0 Å². The predicted octanol–water partition coefficient (Wildman–Crippen LogP) is 2.67. The van der Waals surface area contributed by atoms with Gasteiger partial charge in [-0.25, -0.2) is 12.8 Å². The largest absolute Gasteiger partial charge is 0.314 e. The monoisotopic (exact) mass is 364 g/mol. The van der Waals surface area contributed by atoms with E-state index in [4.69, 9.17) is 0 Å². The summed E-state index contributed by atoms with van der Waals surface area (Å²) in [5, 5.41) is 8.63. The van der Waals surface area contributed by atoms with E-state index in [-0.39, 0.29) is 10.9 Å². The molecule has 134 valence electrons. The number of aryl methyl sites for hydroxylation is 1. The second kappa shape index (κ2) is 6.49. The highest BCUT2D eigenvalue weighted by atomic mass is 32.2. The van der Waals surface area contributed by atoms with Gasteiger partial charge in [-0.05, 0) is 43.9 Å². The van der Waals surface area contributed by atoms with Crippen LogP contribution in [0.3, 0.4) is 0 Å². The van der Waals surface area contributed by atoms with Gasteiger partial charge in [-0.2, -0.15) is 4.31 Å². The summed E-state index contributed by atoms with van der Waals surface area (Å²) in [7, 11) is -3.76. The first-order valence-corrected chi connectivity index (χ1v) is 10.2. The summed E-state index contributed by atoms with van der Waals surface area (Å²) < 4.78 is 43.1. The number of hydrogen-bond donors (Lipinski definition) is 0. The lowest BCUT2D eigenvalue weighted by molar-refractivity contribution is 0.370. The Hall–Kier alpha value is -1.80. The van der Waals surface area contributed by atoms with Crippen LogP contribution >= 0.6 is 0 Å². The molecular weight excluding hydrogens is 343 g/mol. The number of aromatic nitrogens is 3. The summed E-state index contributed by atoms with van der Waals surface area (Å²) in [6.07, 6.45) is 5.67. The van der Waals surface area contributed by atoms with Crippen molar-refractivity contribution >= 4 is 10.0 Å². The first-order chi connectivity index (χ1) is 12.1. The maximum Gasteiger partial charge on any atom is 0.243 e. The van der Waals surface area contributed by atoms with Crippen molar-refractivity contribution in [3.05, 3.63) is 41.7 Å². The molecule has 2 aliphatic heterocycles. The molecule has 2 aliphatic rings. The van der Waals surface area contributed by atoms with E-state index in [1.54, 1.807) is 0 Å². The summed E-state index contributed by atoms with van der Waals surface area (Å²) in [6, 6.07) is 4.87. The van der Waals surface area contributed by atoms with Crippen LogP contribution in [0.1, 0.15) is 49.8 Å². The molecule has 0 radical (unpaired) electrons. The molecule has 0 N–H and O–H groups in total. The van der Waals surface area contributed by atoms with Crippen molar-refractivity contribution in [2.75, 3.05) is 6.54 Å². The molecule has 2 aromatic rings. The third-order valence-corrected chi connectivity index (χ3v) is 6.95. The van der Waals surface area contributed by atoms with Gasteiger partial charge >= 0.3 is 0 Å². The Morgan fingerprint density at radius 3 is 2.80 bits per heavy atom. The molecule has 1 aromatic carbocycles. The molecular formula is C17H21FN4O2S. The number of benzene rings is 1. The fourth-order valence-electron chi connectivity index (χ4n) is 3.80. The summed E-state index contributed by atoms with van der Waals surface area (Å²) in [5.74, 6) is 1.13. The quantitative estimate of drug-likeness (QED) is 0.840. The van der Waals surface area contributed by atoms with Gasteiger partial charge in [0, 0.05) is 19.5 Å². The van der Waals surface area contributed by atoms with Crippen LogP contribution in [0.4, 0.5) is 4.39 Å². The molecule has 0 spiro atoms. The first kappa shape index (κ1) is 16.7. The van der Waals surface area contributed by atoms with Crippen molar-refractivity contribution < 1.29 is 12.8 Å². The Bertz CT molecular complexity index is 881. The lowest BCUT2D eigenvalue weighted by Gasteiger charge is -2.24. The number of hydrogen-bond acceptors (Lipinski definition) is 4. The topological polar surface area (TPSA) is 68.1 Å². The number of nitrogens with zero attached hydrogens (tertiary/aromatic N) is 4. The zero-order valence-corrected chi connectivity index (χ0v) is 14.8. The molecule has 0 aliphatic carbocycles. The van der Waals surface area contributed by atoms with Gasteiger partial charge in [0.25, 0.3) is 0 Å². The normalized spacial score (nSPS) is 21.9. The third-order valence-electron chi connectivity index (χ3n) is 5.04. The Kier molecular flexibility index (Phi) is 4.33. The fourth-order valence-corrected chi connectivity index (χ4v) is 5.49. The van der Waals surface area contributed by atoms with Crippen molar-refractivity contribution in [1.82, 2.24) is 19.1 Å². The Morgan fingerprint density at radius 1 is 1.08 bits per heavy atom. The second-order valence-corrected chi connectivity index (χ2v) is 8.56. The van der Waals surface area contributed by atoms with Crippen LogP contribution in [0.5, 0.6) is 0 Å². The van der Waals surface area contributed by atoms with Crippen LogP contribution in [0, 0.1) is 5.82 Å². The number of fused-ring (bicyclic) bond motifs is 1. The average molecular weight is 364 g/mol. The molecule has 4 rings (SSSR count). The van der Waals surface area contributed by atoms with Gasteiger partial charge in [0.15, 0.2) is 5.82 Å². The van der Waals surface area contributed by atoms with E-state index in [0.29, 0.717) is 13.0 Å². The molecule has 8 heteroatoms. The fraction of sp³-hybridized carbons (Fsp3) is 0.529. The van der Waals surface area contributed by atoms with Crippen LogP contribution in [0.2, 0.25) is 0 Å². The molecule has 0 bridgehead atoms. The molecule has 6 nitrogen and oxygen atoms in total. The minimum atomic E-state index is -3.76. The van der Waals surface area contributed by atoms with Crippen molar-refractivity contribution in [3.8, 4) is 0 Å². The molecule has 25 heavy (non-hydrogen) atoms.